The van der Waals surface area contributed by atoms with E-state index in [4.69, 9.17) is 11.6 Å². The predicted octanol–water partition coefficient (Wildman–Crippen LogP) is 4.15. The fourth-order valence-electron chi connectivity index (χ4n) is 2.79. The number of halogens is 2. The molecule has 0 bridgehead atoms. The van der Waals surface area contributed by atoms with Crippen molar-refractivity contribution in [1.82, 2.24) is 19.9 Å². The van der Waals surface area contributed by atoms with Gasteiger partial charge in [0.25, 0.3) is 0 Å². The Hall–Kier alpha value is -3.12. The van der Waals surface area contributed by atoms with Crippen molar-refractivity contribution in [3.05, 3.63) is 75.5 Å². The van der Waals surface area contributed by atoms with Gasteiger partial charge in [-0.25, -0.2) is 19.3 Å². The lowest BCUT2D eigenvalue weighted by Crippen LogP contribution is -2.07. The van der Waals surface area contributed by atoms with Crippen molar-refractivity contribution in [2.45, 2.75) is 6.92 Å². The molecule has 0 amide bonds. The van der Waals surface area contributed by atoms with Crippen molar-refractivity contribution in [2.24, 2.45) is 0 Å². The quantitative estimate of drug-likeness (QED) is 0.541. The molecule has 0 saturated heterocycles. The molecule has 0 atom stereocenters. The Morgan fingerprint density at radius 2 is 1.81 bits per heavy atom. The number of hydrogen-bond acceptors (Lipinski definition) is 4. The third kappa shape index (κ3) is 2.95. The highest BCUT2D eigenvalue weighted by Gasteiger charge is 2.16. The van der Waals surface area contributed by atoms with Crippen molar-refractivity contribution < 1.29 is 4.39 Å². The van der Waals surface area contributed by atoms with Gasteiger partial charge in [-0.3, -0.25) is 4.79 Å². The van der Waals surface area contributed by atoms with E-state index in [1.807, 2.05) is 0 Å². The molecule has 4 aromatic rings. The van der Waals surface area contributed by atoms with Gasteiger partial charge in [-0.1, -0.05) is 23.7 Å². The number of fused-ring (bicyclic) bond motifs is 1. The summed E-state index contributed by atoms with van der Waals surface area (Å²) in [5, 5.41) is 0.300. The number of pyridine rings is 2. The second-order valence-electron chi connectivity index (χ2n) is 5.79. The average Bonchev–Trinajstić information content (AvgIpc) is 2.60. The van der Waals surface area contributed by atoms with Gasteiger partial charge in [0.15, 0.2) is 11.2 Å². The number of nitrogens with zero attached hydrogens (tertiary/aromatic N) is 3. The number of aromatic nitrogens is 4. The molecule has 0 spiro atoms. The minimum Gasteiger partial charge on any atom is -0.345 e. The summed E-state index contributed by atoms with van der Waals surface area (Å²) < 4.78 is 13.8. The molecule has 1 N–H and O–H groups in total. The molecule has 4 rings (SSSR count). The van der Waals surface area contributed by atoms with E-state index >= 15 is 0 Å². The Bertz CT molecular complexity index is 1190. The maximum Gasteiger partial charge on any atom is 0.209 e. The van der Waals surface area contributed by atoms with Gasteiger partial charge >= 0.3 is 0 Å². The first-order valence-electron chi connectivity index (χ1n) is 7.81. The summed E-state index contributed by atoms with van der Waals surface area (Å²) in [6.07, 6.45) is 1.50. The highest BCUT2D eigenvalue weighted by Crippen LogP contribution is 2.31. The van der Waals surface area contributed by atoms with Crippen LogP contribution in [0.4, 0.5) is 4.39 Å². The molecular formula is C19H12ClFN4O. The molecule has 1 aromatic carbocycles. The summed E-state index contributed by atoms with van der Waals surface area (Å²) >= 11 is 6.09. The van der Waals surface area contributed by atoms with E-state index < -0.39 is 0 Å². The van der Waals surface area contributed by atoms with E-state index in [2.05, 4.69) is 19.9 Å². The fourth-order valence-corrected chi connectivity index (χ4v) is 3.04. The molecule has 3 heterocycles. The molecule has 5 nitrogen and oxygen atoms in total. The lowest BCUT2D eigenvalue weighted by molar-refractivity contribution is 0.628. The number of benzene rings is 1. The number of hydrogen-bond donors (Lipinski definition) is 1. The molecule has 3 aromatic heterocycles. The molecule has 0 fully saturated rings. The van der Waals surface area contributed by atoms with Crippen LogP contribution < -0.4 is 5.43 Å². The summed E-state index contributed by atoms with van der Waals surface area (Å²) in [6, 6.07) is 10.9. The van der Waals surface area contributed by atoms with Crippen LogP contribution in [0.15, 0.2) is 53.5 Å². The average molecular weight is 367 g/mol. The fraction of sp³-hybridized carbons (Fsp3) is 0.0526. The molecule has 0 radical (unpaired) electrons. The van der Waals surface area contributed by atoms with Crippen molar-refractivity contribution >= 4 is 22.8 Å². The van der Waals surface area contributed by atoms with Gasteiger partial charge in [0.1, 0.15) is 11.0 Å². The molecule has 26 heavy (non-hydrogen) atoms. The number of aryl methyl sites for hydroxylation is 1. The summed E-state index contributed by atoms with van der Waals surface area (Å²) in [5.41, 5.74) is 3.05. The molecule has 7 heteroatoms. The van der Waals surface area contributed by atoms with Crippen LogP contribution in [-0.4, -0.2) is 19.9 Å². The number of H-pyrrole nitrogens is 1. The normalized spacial score (nSPS) is 11.0. The molecular weight excluding hydrogens is 355 g/mol. The van der Waals surface area contributed by atoms with Crippen LogP contribution in [0.2, 0.25) is 5.15 Å². The molecule has 0 aliphatic heterocycles. The van der Waals surface area contributed by atoms with Crippen LogP contribution in [0, 0.1) is 12.7 Å². The first-order chi connectivity index (χ1) is 12.5. The topological polar surface area (TPSA) is 71.5 Å². The largest absolute Gasteiger partial charge is 0.345 e. The van der Waals surface area contributed by atoms with Crippen molar-refractivity contribution in [3.8, 4) is 22.5 Å². The molecule has 0 aliphatic carbocycles. The molecule has 0 aliphatic rings. The third-order valence-corrected chi connectivity index (χ3v) is 4.07. The highest BCUT2D eigenvalue weighted by atomic mass is 35.5. The van der Waals surface area contributed by atoms with E-state index in [1.54, 1.807) is 31.2 Å². The molecule has 0 unspecified atom stereocenters. The van der Waals surface area contributed by atoms with Crippen LogP contribution in [0.25, 0.3) is 33.7 Å². The van der Waals surface area contributed by atoms with E-state index in [9.17, 15) is 9.18 Å². The van der Waals surface area contributed by atoms with Crippen LogP contribution in [0.5, 0.6) is 0 Å². The maximum absolute atomic E-state index is 13.8. The van der Waals surface area contributed by atoms with Crippen LogP contribution >= 0.6 is 11.6 Å². The Morgan fingerprint density at radius 3 is 2.58 bits per heavy atom. The van der Waals surface area contributed by atoms with Gasteiger partial charge in [-0.15, -0.1) is 0 Å². The Labute approximate surface area is 152 Å². The SMILES string of the molecule is Cc1cc(-c2nc3c(=O)cc[nH]c3nc2-c2cccc(F)c2)cc(Cl)n1. The highest BCUT2D eigenvalue weighted by molar-refractivity contribution is 6.29. The number of aromatic amines is 1. The Morgan fingerprint density at radius 1 is 1.00 bits per heavy atom. The lowest BCUT2D eigenvalue weighted by atomic mass is 10.0. The zero-order valence-electron chi connectivity index (χ0n) is 13.6. The van der Waals surface area contributed by atoms with Gasteiger partial charge in [-0.05, 0) is 31.2 Å². The van der Waals surface area contributed by atoms with Gasteiger partial charge in [-0.2, -0.15) is 0 Å². The number of nitrogens with one attached hydrogen (secondary N) is 1. The van der Waals surface area contributed by atoms with Crippen LogP contribution in [-0.2, 0) is 0 Å². The smallest absolute Gasteiger partial charge is 0.209 e. The van der Waals surface area contributed by atoms with Gasteiger partial charge in [0, 0.05) is 29.1 Å². The van der Waals surface area contributed by atoms with Crippen molar-refractivity contribution in [3.63, 3.8) is 0 Å². The standard InChI is InChI=1S/C19H12ClFN4O/c1-10-7-12(9-15(20)23-10)17-16(11-3-2-4-13(21)8-11)25-19-18(24-17)14(26)5-6-22-19/h2-9H,1H3,(H,22,25,26). The van der Waals surface area contributed by atoms with Crippen LogP contribution in [0.3, 0.4) is 0 Å². The minimum atomic E-state index is -0.388. The summed E-state index contributed by atoms with van der Waals surface area (Å²) in [7, 11) is 0. The van der Waals surface area contributed by atoms with Gasteiger partial charge < -0.3 is 4.98 Å². The summed E-state index contributed by atoms with van der Waals surface area (Å²) in [6.45, 7) is 1.80. The van der Waals surface area contributed by atoms with E-state index in [0.717, 1.165) is 0 Å². The lowest BCUT2D eigenvalue weighted by Gasteiger charge is -2.11. The molecule has 128 valence electrons. The summed E-state index contributed by atoms with van der Waals surface area (Å²) in [5.74, 6) is -0.388. The molecule has 0 saturated carbocycles. The van der Waals surface area contributed by atoms with Crippen molar-refractivity contribution in [1.29, 1.82) is 0 Å². The zero-order valence-corrected chi connectivity index (χ0v) is 14.4. The van der Waals surface area contributed by atoms with Gasteiger partial charge in [0.2, 0.25) is 5.43 Å². The van der Waals surface area contributed by atoms with Crippen LogP contribution in [0.1, 0.15) is 5.69 Å². The monoisotopic (exact) mass is 366 g/mol. The van der Waals surface area contributed by atoms with E-state index in [1.165, 1.54) is 24.4 Å². The second kappa shape index (κ2) is 6.31. The van der Waals surface area contributed by atoms with E-state index in [-0.39, 0.29) is 16.8 Å². The second-order valence-corrected chi connectivity index (χ2v) is 6.18. The Balaban J connectivity index is 2.10. The predicted molar refractivity (Wildman–Crippen MR) is 98.5 cm³/mol. The first-order valence-corrected chi connectivity index (χ1v) is 8.19. The van der Waals surface area contributed by atoms with E-state index in [0.29, 0.717) is 39.0 Å². The van der Waals surface area contributed by atoms with Gasteiger partial charge in [0.05, 0.1) is 11.4 Å². The van der Waals surface area contributed by atoms with Crippen molar-refractivity contribution in [2.75, 3.05) is 0 Å². The Kier molecular flexibility index (Phi) is 3.97. The third-order valence-electron chi connectivity index (χ3n) is 3.88. The first kappa shape index (κ1) is 16.4. The maximum atomic E-state index is 13.8. The summed E-state index contributed by atoms with van der Waals surface area (Å²) in [4.78, 5) is 28.3. The number of rotatable bonds is 2. The zero-order chi connectivity index (χ0) is 18.3. The minimum absolute atomic E-state index is 0.202.